The van der Waals surface area contributed by atoms with E-state index in [9.17, 15) is 18.4 Å². The molecule has 0 saturated carbocycles. The van der Waals surface area contributed by atoms with Gasteiger partial charge in [0.25, 0.3) is 0 Å². The highest BCUT2D eigenvalue weighted by atomic mass is 35.5. The number of fused-ring (bicyclic) bond motifs is 4. The summed E-state index contributed by atoms with van der Waals surface area (Å²) in [5, 5.41) is 3.68. The van der Waals surface area contributed by atoms with E-state index in [0.29, 0.717) is 22.7 Å². The zero-order valence-electron chi connectivity index (χ0n) is 21.4. The molecule has 1 N–H and O–H groups in total. The summed E-state index contributed by atoms with van der Waals surface area (Å²) < 4.78 is 27.9. The van der Waals surface area contributed by atoms with Crippen molar-refractivity contribution in [3.05, 3.63) is 124 Å². The average molecular weight is 555 g/mol. The lowest BCUT2D eigenvalue weighted by Gasteiger charge is -2.37. The molecule has 0 bridgehead atoms. The van der Waals surface area contributed by atoms with Crippen LogP contribution in [0.1, 0.15) is 40.2 Å². The van der Waals surface area contributed by atoms with Crippen LogP contribution in [0.3, 0.4) is 0 Å². The molecule has 0 radical (unpaired) electrons. The molecule has 4 unspecified atom stereocenters. The van der Waals surface area contributed by atoms with E-state index < -0.39 is 23.1 Å². The predicted octanol–water partition coefficient (Wildman–Crippen LogP) is 7.19. The molecule has 7 rings (SSSR count). The second kappa shape index (κ2) is 9.36. The SMILES string of the molecule is O=C(c1ccc(-c2ccc(F)cc2F)cc1)C1C(c2ccc(Cl)cc2)C2CCCN2C12C(=O)Nc1ccccc12. The second-order valence-electron chi connectivity index (χ2n) is 10.8. The molecule has 0 aliphatic carbocycles. The molecule has 40 heavy (non-hydrogen) atoms. The zero-order valence-corrected chi connectivity index (χ0v) is 22.2. The summed E-state index contributed by atoms with van der Waals surface area (Å²) in [7, 11) is 0. The first-order valence-corrected chi connectivity index (χ1v) is 13.8. The Bertz CT molecular complexity index is 1660. The molecule has 7 heteroatoms. The van der Waals surface area contributed by atoms with Gasteiger partial charge in [-0.2, -0.15) is 0 Å². The van der Waals surface area contributed by atoms with E-state index in [0.717, 1.165) is 35.7 Å². The van der Waals surface area contributed by atoms with Gasteiger partial charge in [0.05, 0.1) is 5.92 Å². The molecule has 200 valence electrons. The highest BCUT2D eigenvalue weighted by Crippen LogP contribution is 2.61. The Morgan fingerprint density at radius 1 is 0.950 bits per heavy atom. The van der Waals surface area contributed by atoms with E-state index in [-0.39, 0.29) is 29.2 Å². The highest BCUT2D eigenvalue weighted by molar-refractivity contribution is 6.30. The van der Waals surface area contributed by atoms with Crippen LogP contribution >= 0.6 is 11.6 Å². The fraction of sp³-hybridized carbons (Fsp3) is 0.212. The first kappa shape index (κ1) is 25.1. The van der Waals surface area contributed by atoms with Crippen LogP contribution in [-0.4, -0.2) is 29.2 Å². The number of nitrogens with one attached hydrogen (secondary N) is 1. The number of benzene rings is 4. The van der Waals surface area contributed by atoms with Gasteiger partial charge in [0.1, 0.15) is 17.2 Å². The van der Waals surface area contributed by atoms with Crippen molar-refractivity contribution in [1.82, 2.24) is 4.90 Å². The van der Waals surface area contributed by atoms with Gasteiger partial charge in [0.2, 0.25) is 5.91 Å². The topological polar surface area (TPSA) is 49.4 Å². The molecular weight excluding hydrogens is 530 g/mol. The van der Waals surface area contributed by atoms with Crippen LogP contribution in [0.15, 0.2) is 91.0 Å². The minimum absolute atomic E-state index is 0.000356. The Kier molecular flexibility index (Phi) is 5.88. The van der Waals surface area contributed by atoms with Gasteiger partial charge in [-0.25, -0.2) is 8.78 Å². The first-order valence-electron chi connectivity index (χ1n) is 13.4. The van der Waals surface area contributed by atoms with Crippen molar-refractivity contribution in [2.24, 2.45) is 5.92 Å². The van der Waals surface area contributed by atoms with Crippen LogP contribution in [0.4, 0.5) is 14.5 Å². The molecule has 2 fully saturated rings. The van der Waals surface area contributed by atoms with Crippen molar-refractivity contribution in [1.29, 1.82) is 0 Å². The molecule has 4 atom stereocenters. The Labute approximate surface area is 235 Å². The third kappa shape index (κ3) is 3.59. The zero-order chi connectivity index (χ0) is 27.6. The Hall–Kier alpha value is -3.87. The smallest absolute Gasteiger partial charge is 0.250 e. The van der Waals surface area contributed by atoms with E-state index in [1.807, 2.05) is 48.5 Å². The van der Waals surface area contributed by atoms with Gasteiger partial charge in [0, 0.05) is 45.4 Å². The van der Waals surface area contributed by atoms with Crippen LogP contribution in [0.2, 0.25) is 5.02 Å². The van der Waals surface area contributed by atoms with Gasteiger partial charge in [-0.3, -0.25) is 14.5 Å². The molecule has 4 aromatic rings. The molecule has 2 saturated heterocycles. The third-order valence-corrected chi connectivity index (χ3v) is 9.11. The number of halogens is 3. The van der Waals surface area contributed by atoms with Gasteiger partial charge in [-0.1, -0.05) is 66.2 Å². The molecule has 3 aliphatic heterocycles. The third-order valence-electron chi connectivity index (χ3n) is 8.86. The van der Waals surface area contributed by atoms with Crippen molar-refractivity contribution in [3.8, 4) is 11.1 Å². The number of carbonyl (C=O) groups excluding carboxylic acids is 2. The Balaban J connectivity index is 1.38. The standard InChI is InChI=1S/C33H25ClF2N2O2/c34-22-13-11-20(12-14-22)29-28-6-3-17-38(28)33(25-4-1-2-5-27(25)37-32(33)40)30(29)31(39)21-9-7-19(8-10-21)24-16-15-23(35)18-26(24)36/h1-2,4-5,7-16,18,28-30H,3,6,17H2,(H,37,40). The average Bonchev–Trinajstić information content (AvgIpc) is 3.62. The van der Waals surface area contributed by atoms with Crippen molar-refractivity contribution < 1.29 is 18.4 Å². The summed E-state index contributed by atoms with van der Waals surface area (Å²) in [6.45, 7) is 0.711. The van der Waals surface area contributed by atoms with Crippen LogP contribution in [0.25, 0.3) is 11.1 Å². The molecule has 3 aliphatic rings. The molecular formula is C33H25ClF2N2O2. The van der Waals surface area contributed by atoms with Crippen molar-refractivity contribution in [2.45, 2.75) is 30.3 Å². The summed E-state index contributed by atoms with van der Waals surface area (Å²) in [4.78, 5) is 31.0. The van der Waals surface area contributed by atoms with Gasteiger partial charge in [-0.05, 0) is 60.8 Å². The van der Waals surface area contributed by atoms with E-state index in [2.05, 4.69) is 10.2 Å². The number of hydrogen-bond donors (Lipinski definition) is 1. The molecule has 0 aromatic heterocycles. The quantitative estimate of drug-likeness (QED) is 0.272. The number of ketones is 1. The maximum Gasteiger partial charge on any atom is 0.250 e. The number of para-hydroxylation sites is 1. The largest absolute Gasteiger partial charge is 0.324 e. The molecule has 3 heterocycles. The normalized spacial score (nSPS) is 25.2. The van der Waals surface area contributed by atoms with Crippen molar-refractivity contribution >= 4 is 29.0 Å². The van der Waals surface area contributed by atoms with Gasteiger partial charge >= 0.3 is 0 Å². The van der Waals surface area contributed by atoms with E-state index >= 15 is 0 Å². The lowest BCUT2D eigenvalue weighted by atomic mass is 9.68. The highest BCUT2D eigenvalue weighted by Gasteiger charge is 2.69. The van der Waals surface area contributed by atoms with Crippen molar-refractivity contribution in [2.75, 3.05) is 11.9 Å². The molecule has 1 spiro atoms. The lowest BCUT2D eigenvalue weighted by Crippen LogP contribution is -2.52. The fourth-order valence-electron chi connectivity index (χ4n) is 7.29. The maximum atomic E-state index is 14.6. The number of hydrogen-bond acceptors (Lipinski definition) is 3. The maximum absolute atomic E-state index is 14.6. The minimum Gasteiger partial charge on any atom is -0.324 e. The van der Waals surface area contributed by atoms with Crippen LogP contribution in [0, 0.1) is 17.6 Å². The number of nitrogens with zero attached hydrogens (tertiary/aromatic N) is 1. The summed E-state index contributed by atoms with van der Waals surface area (Å²) in [6, 6.07) is 25.4. The Morgan fingerprint density at radius 2 is 1.70 bits per heavy atom. The van der Waals surface area contributed by atoms with Gasteiger partial charge < -0.3 is 5.32 Å². The summed E-state index contributed by atoms with van der Waals surface area (Å²) in [6.07, 6.45) is 1.81. The van der Waals surface area contributed by atoms with Gasteiger partial charge in [0.15, 0.2) is 5.78 Å². The molecule has 4 nitrogen and oxygen atoms in total. The van der Waals surface area contributed by atoms with Crippen LogP contribution < -0.4 is 5.32 Å². The Morgan fingerprint density at radius 3 is 2.45 bits per heavy atom. The minimum atomic E-state index is -1.15. The fourth-order valence-corrected chi connectivity index (χ4v) is 7.42. The monoisotopic (exact) mass is 554 g/mol. The number of anilines is 1. The summed E-state index contributed by atoms with van der Waals surface area (Å²) in [5.41, 5.74) is 2.60. The second-order valence-corrected chi connectivity index (χ2v) is 11.2. The summed E-state index contributed by atoms with van der Waals surface area (Å²) in [5.74, 6) is -2.58. The van der Waals surface area contributed by atoms with Gasteiger partial charge in [-0.15, -0.1) is 0 Å². The van der Waals surface area contributed by atoms with E-state index in [4.69, 9.17) is 11.6 Å². The first-order chi connectivity index (χ1) is 19.4. The van der Waals surface area contributed by atoms with Crippen molar-refractivity contribution in [3.63, 3.8) is 0 Å². The number of amides is 1. The number of Topliss-reactive ketones (excluding diaryl/α,β-unsaturated/α-hetero) is 1. The summed E-state index contributed by atoms with van der Waals surface area (Å²) >= 11 is 6.23. The number of rotatable bonds is 4. The number of carbonyl (C=O) groups is 2. The van der Waals surface area contributed by atoms with E-state index in [1.165, 1.54) is 12.1 Å². The van der Waals surface area contributed by atoms with Crippen LogP contribution in [-0.2, 0) is 10.3 Å². The van der Waals surface area contributed by atoms with E-state index in [1.54, 1.807) is 24.3 Å². The predicted molar refractivity (Wildman–Crippen MR) is 150 cm³/mol. The van der Waals surface area contributed by atoms with Crippen LogP contribution in [0.5, 0.6) is 0 Å². The lowest BCUT2D eigenvalue weighted by molar-refractivity contribution is -0.127. The molecule has 4 aromatic carbocycles. The molecule has 1 amide bonds.